The van der Waals surface area contributed by atoms with Crippen molar-refractivity contribution in [1.29, 1.82) is 0 Å². The molecule has 1 saturated heterocycles. The van der Waals surface area contributed by atoms with E-state index in [1.165, 1.54) is 13.2 Å². The third-order valence-corrected chi connectivity index (χ3v) is 3.15. The van der Waals surface area contributed by atoms with Crippen LogP contribution in [0.2, 0.25) is 0 Å². The van der Waals surface area contributed by atoms with Crippen LogP contribution in [0.3, 0.4) is 0 Å². The van der Waals surface area contributed by atoms with Crippen LogP contribution in [-0.4, -0.2) is 33.2 Å². The van der Waals surface area contributed by atoms with Gasteiger partial charge in [0.25, 0.3) is 0 Å². The van der Waals surface area contributed by atoms with E-state index in [1.807, 2.05) is 13.0 Å². The molecule has 0 spiro atoms. The summed E-state index contributed by atoms with van der Waals surface area (Å²) in [6.45, 7) is 4.06. The minimum Gasteiger partial charge on any atom is -0.494 e. The van der Waals surface area contributed by atoms with Crippen molar-refractivity contribution in [1.82, 2.24) is 5.32 Å². The van der Waals surface area contributed by atoms with Gasteiger partial charge in [0.05, 0.1) is 20.3 Å². The highest BCUT2D eigenvalue weighted by Crippen LogP contribution is 2.26. The number of hydrogen-bond donors (Lipinski definition) is 1. The summed E-state index contributed by atoms with van der Waals surface area (Å²) in [7, 11) is 1.46. The molecule has 0 saturated carbocycles. The number of rotatable bonds is 6. The Bertz CT molecular complexity index is 408. The SMILES string of the molecule is CCNC(CC1OCCO1)c1ccc(OC)c(F)c1. The number of benzene rings is 1. The maximum absolute atomic E-state index is 13.7. The van der Waals surface area contributed by atoms with Gasteiger partial charge in [-0.3, -0.25) is 0 Å². The zero-order chi connectivity index (χ0) is 13.7. The first-order chi connectivity index (χ1) is 9.24. The molecule has 4 nitrogen and oxygen atoms in total. The molecule has 0 radical (unpaired) electrons. The van der Waals surface area contributed by atoms with Crippen molar-refractivity contribution < 1.29 is 18.6 Å². The van der Waals surface area contributed by atoms with Crippen molar-refractivity contribution in [2.24, 2.45) is 0 Å². The fourth-order valence-electron chi connectivity index (χ4n) is 2.22. The fraction of sp³-hybridized carbons (Fsp3) is 0.571. The average Bonchev–Trinajstić information content (AvgIpc) is 2.91. The van der Waals surface area contributed by atoms with E-state index in [-0.39, 0.29) is 23.9 Å². The third-order valence-electron chi connectivity index (χ3n) is 3.15. The summed E-state index contributed by atoms with van der Waals surface area (Å²) in [5, 5.41) is 3.32. The molecular formula is C14H20FNO3. The van der Waals surface area contributed by atoms with Crippen molar-refractivity contribution in [3.63, 3.8) is 0 Å². The van der Waals surface area contributed by atoms with Crippen molar-refractivity contribution in [2.75, 3.05) is 26.9 Å². The molecule has 1 N–H and O–H groups in total. The third kappa shape index (κ3) is 3.65. The number of hydrogen-bond acceptors (Lipinski definition) is 4. The van der Waals surface area contributed by atoms with Crippen LogP contribution in [0.5, 0.6) is 5.75 Å². The molecule has 1 aliphatic rings. The van der Waals surface area contributed by atoms with E-state index in [9.17, 15) is 4.39 Å². The first kappa shape index (κ1) is 14.2. The Kier molecular flexibility index (Phi) is 5.13. The van der Waals surface area contributed by atoms with Crippen molar-refractivity contribution in [3.8, 4) is 5.75 Å². The lowest BCUT2D eigenvalue weighted by Crippen LogP contribution is -2.26. The molecule has 106 valence electrons. The van der Waals surface area contributed by atoms with Crippen LogP contribution in [0.15, 0.2) is 18.2 Å². The van der Waals surface area contributed by atoms with Gasteiger partial charge in [0.15, 0.2) is 17.9 Å². The van der Waals surface area contributed by atoms with E-state index in [4.69, 9.17) is 14.2 Å². The zero-order valence-electron chi connectivity index (χ0n) is 11.3. The molecule has 0 aliphatic carbocycles. The summed E-state index contributed by atoms with van der Waals surface area (Å²) in [6.07, 6.45) is 0.453. The lowest BCUT2D eigenvalue weighted by molar-refractivity contribution is -0.0529. The second-order valence-electron chi connectivity index (χ2n) is 4.41. The maximum Gasteiger partial charge on any atom is 0.165 e. The average molecular weight is 269 g/mol. The molecule has 1 aromatic rings. The summed E-state index contributed by atoms with van der Waals surface area (Å²) < 4.78 is 29.6. The predicted molar refractivity (Wildman–Crippen MR) is 69.7 cm³/mol. The molecule has 0 aromatic heterocycles. The highest BCUT2D eigenvalue weighted by atomic mass is 19.1. The molecule has 1 heterocycles. The molecule has 1 aromatic carbocycles. The van der Waals surface area contributed by atoms with Crippen LogP contribution in [0.4, 0.5) is 4.39 Å². The second kappa shape index (κ2) is 6.84. The van der Waals surface area contributed by atoms with E-state index >= 15 is 0 Å². The molecule has 19 heavy (non-hydrogen) atoms. The lowest BCUT2D eigenvalue weighted by Gasteiger charge is -2.21. The smallest absolute Gasteiger partial charge is 0.165 e. The Balaban J connectivity index is 2.10. The lowest BCUT2D eigenvalue weighted by atomic mass is 10.0. The van der Waals surface area contributed by atoms with Crippen LogP contribution in [0, 0.1) is 5.82 Å². The summed E-state index contributed by atoms with van der Waals surface area (Å²) in [6, 6.07) is 5.02. The first-order valence-corrected chi connectivity index (χ1v) is 6.54. The number of halogens is 1. The van der Waals surface area contributed by atoms with Gasteiger partial charge in [0, 0.05) is 12.5 Å². The molecule has 5 heteroatoms. The highest BCUT2D eigenvalue weighted by molar-refractivity contribution is 5.31. The van der Waals surface area contributed by atoms with Crippen LogP contribution in [0.1, 0.15) is 24.9 Å². The van der Waals surface area contributed by atoms with Gasteiger partial charge >= 0.3 is 0 Å². The minimum absolute atomic E-state index is 0.00788. The predicted octanol–water partition coefficient (Wildman–Crippen LogP) is 2.25. The van der Waals surface area contributed by atoms with Crippen LogP contribution in [-0.2, 0) is 9.47 Å². The summed E-state index contributed by atoms with van der Waals surface area (Å²) in [5.41, 5.74) is 0.874. The molecular weight excluding hydrogens is 249 g/mol. The second-order valence-corrected chi connectivity index (χ2v) is 4.41. The van der Waals surface area contributed by atoms with E-state index < -0.39 is 0 Å². The van der Waals surface area contributed by atoms with Crippen LogP contribution < -0.4 is 10.1 Å². The van der Waals surface area contributed by atoms with Gasteiger partial charge < -0.3 is 19.5 Å². The van der Waals surface area contributed by atoms with Crippen LogP contribution in [0.25, 0.3) is 0 Å². The van der Waals surface area contributed by atoms with Crippen molar-refractivity contribution in [2.45, 2.75) is 25.7 Å². The molecule has 1 unspecified atom stereocenters. The fourth-order valence-corrected chi connectivity index (χ4v) is 2.22. The molecule has 1 fully saturated rings. The minimum atomic E-state index is -0.351. The monoisotopic (exact) mass is 269 g/mol. The molecule has 2 rings (SSSR count). The largest absolute Gasteiger partial charge is 0.494 e. The van der Waals surface area contributed by atoms with E-state index in [0.717, 1.165) is 12.1 Å². The van der Waals surface area contributed by atoms with E-state index in [2.05, 4.69) is 5.32 Å². The molecule has 0 bridgehead atoms. The summed E-state index contributed by atoms with van der Waals surface area (Å²) in [5.74, 6) is -0.0940. The summed E-state index contributed by atoms with van der Waals surface area (Å²) in [4.78, 5) is 0. The van der Waals surface area contributed by atoms with Gasteiger partial charge in [-0.05, 0) is 24.2 Å². The van der Waals surface area contributed by atoms with E-state index in [1.54, 1.807) is 6.07 Å². The number of nitrogens with one attached hydrogen (secondary N) is 1. The topological polar surface area (TPSA) is 39.7 Å². The van der Waals surface area contributed by atoms with Crippen LogP contribution >= 0.6 is 0 Å². The zero-order valence-corrected chi connectivity index (χ0v) is 11.3. The van der Waals surface area contributed by atoms with Gasteiger partial charge in [0.1, 0.15) is 0 Å². The van der Waals surface area contributed by atoms with Gasteiger partial charge in [-0.15, -0.1) is 0 Å². The standard InChI is InChI=1S/C14H20FNO3/c1-3-16-12(9-14-18-6-7-19-14)10-4-5-13(17-2)11(15)8-10/h4-5,8,12,14,16H,3,6-7,9H2,1-2H3. The Hall–Kier alpha value is -1.17. The highest BCUT2D eigenvalue weighted by Gasteiger charge is 2.22. The Morgan fingerprint density at radius 3 is 2.74 bits per heavy atom. The van der Waals surface area contributed by atoms with Gasteiger partial charge in [0.2, 0.25) is 0 Å². The van der Waals surface area contributed by atoms with Gasteiger partial charge in [-0.25, -0.2) is 4.39 Å². The van der Waals surface area contributed by atoms with E-state index in [0.29, 0.717) is 19.6 Å². The Morgan fingerprint density at radius 2 is 2.16 bits per heavy atom. The normalized spacial score (nSPS) is 17.6. The Labute approximate surface area is 112 Å². The van der Waals surface area contributed by atoms with Crippen molar-refractivity contribution in [3.05, 3.63) is 29.6 Å². The molecule has 1 atom stereocenters. The van der Waals surface area contributed by atoms with Gasteiger partial charge in [-0.2, -0.15) is 0 Å². The Morgan fingerprint density at radius 1 is 1.42 bits per heavy atom. The molecule has 0 amide bonds. The maximum atomic E-state index is 13.7. The quantitative estimate of drug-likeness (QED) is 0.860. The first-order valence-electron chi connectivity index (χ1n) is 6.54. The number of methoxy groups -OCH3 is 1. The number of ether oxygens (including phenoxy) is 3. The molecule has 1 aliphatic heterocycles. The summed E-state index contributed by atoms with van der Waals surface area (Å²) >= 11 is 0. The van der Waals surface area contributed by atoms with Crippen molar-refractivity contribution >= 4 is 0 Å². The van der Waals surface area contributed by atoms with Gasteiger partial charge in [-0.1, -0.05) is 13.0 Å².